The van der Waals surface area contributed by atoms with Crippen LogP contribution in [0.3, 0.4) is 0 Å². The van der Waals surface area contributed by atoms with Gasteiger partial charge in [0.05, 0.1) is 7.11 Å². The Morgan fingerprint density at radius 1 is 1.43 bits per heavy atom. The molecule has 0 spiro atoms. The van der Waals surface area contributed by atoms with Crippen LogP contribution in [0, 0.1) is 0 Å². The molecule has 0 unspecified atom stereocenters. The maximum absolute atomic E-state index is 10.8. The van der Waals surface area contributed by atoms with Crippen molar-refractivity contribution in [1.82, 2.24) is 0 Å². The van der Waals surface area contributed by atoms with Gasteiger partial charge in [0.2, 0.25) is 0 Å². The molecule has 0 atom stereocenters. The number of ether oxygens (including phenoxy) is 2. The number of benzene rings is 1. The van der Waals surface area contributed by atoms with Crippen molar-refractivity contribution in [3.8, 4) is 11.5 Å². The third-order valence-electron chi connectivity index (χ3n) is 1.72. The maximum atomic E-state index is 10.8. The number of nitrogens with two attached hydrogens (primary N) is 1. The largest absolute Gasteiger partial charge is 0.493 e. The second kappa shape index (κ2) is 4.62. The minimum Gasteiger partial charge on any atom is -0.493 e. The predicted molar refractivity (Wildman–Crippen MR) is 52.2 cm³/mol. The van der Waals surface area contributed by atoms with E-state index in [9.17, 15) is 4.79 Å². The second-order valence-electron chi connectivity index (χ2n) is 2.78. The van der Waals surface area contributed by atoms with Crippen LogP contribution in [0.15, 0.2) is 18.2 Å². The van der Waals surface area contributed by atoms with Crippen molar-refractivity contribution < 1.29 is 14.3 Å². The van der Waals surface area contributed by atoms with Gasteiger partial charge in [-0.3, -0.25) is 4.79 Å². The molecule has 1 rings (SSSR count). The molecule has 76 valence electrons. The zero-order chi connectivity index (χ0) is 10.6. The van der Waals surface area contributed by atoms with E-state index in [0.717, 1.165) is 5.56 Å². The molecule has 0 heterocycles. The topological polar surface area (TPSA) is 61.6 Å². The fraction of sp³-hybridized carbons (Fsp3) is 0.300. The smallest absolute Gasteiger partial charge is 0.308 e. The molecule has 2 N–H and O–H groups in total. The SMILES string of the molecule is COc1ccc(CN)cc1OC(C)=O. The summed E-state index contributed by atoms with van der Waals surface area (Å²) in [5.74, 6) is 0.554. The second-order valence-corrected chi connectivity index (χ2v) is 2.78. The molecule has 0 fully saturated rings. The van der Waals surface area contributed by atoms with Crippen molar-refractivity contribution in [1.29, 1.82) is 0 Å². The van der Waals surface area contributed by atoms with Gasteiger partial charge < -0.3 is 15.2 Å². The standard InChI is InChI=1S/C10H13NO3/c1-7(12)14-10-5-8(6-11)3-4-9(10)13-2/h3-5H,6,11H2,1-2H3. The molecule has 0 aliphatic heterocycles. The summed E-state index contributed by atoms with van der Waals surface area (Å²) in [5, 5.41) is 0. The lowest BCUT2D eigenvalue weighted by Gasteiger charge is -2.08. The van der Waals surface area contributed by atoms with Crippen LogP contribution in [0.5, 0.6) is 11.5 Å². The van der Waals surface area contributed by atoms with E-state index < -0.39 is 0 Å². The van der Waals surface area contributed by atoms with Crippen LogP contribution in [0.4, 0.5) is 0 Å². The van der Waals surface area contributed by atoms with Gasteiger partial charge in [0.15, 0.2) is 11.5 Å². The van der Waals surface area contributed by atoms with E-state index in [-0.39, 0.29) is 5.97 Å². The lowest BCUT2D eigenvalue weighted by Crippen LogP contribution is -2.04. The Bertz CT molecular complexity index is 336. The monoisotopic (exact) mass is 195 g/mol. The maximum Gasteiger partial charge on any atom is 0.308 e. The van der Waals surface area contributed by atoms with Crippen LogP contribution in [0.2, 0.25) is 0 Å². The zero-order valence-electron chi connectivity index (χ0n) is 8.24. The summed E-state index contributed by atoms with van der Waals surface area (Å²) < 4.78 is 9.99. The van der Waals surface area contributed by atoms with Gasteiger partial charge in [-0.25, -0.2) is 0 Å². The van der Waals surface area contributed by atoms with E-state index in [1.807, 2.05) is 6.07 Å². The van der Waals surface area contributed by atoms with Gasteiger partial charge in [0.25, 0.3) is 0 Å². The first-order valence-corrected chi connectivity index (χ1v) is 4.22. The van der Waals surface area contributed by atoms with Gasteiger partial charge in [-0.05, 0) is 17.7 Å². The van der Waals surface area contributed by atoms with Crippen LogP contribution in [0.1, 0.15) is 12.5 Å². The Morgan fingerprint density at radius 2 is 2.14 bits per heavy atom. The number of hydrogen-bond donors (Lipinski definition) is 1. The van der Waals surface area contributed by atoms with E-state index in [1.165, 1.54) is 14.0 Å². The van der Waals surface area contributed by atoms with Gasteiger partial charge in [0.1, 0.15) is 0 Å². The number of carbonyl (C=O) groups excluding carboxylic acids is 1. The Hall–Kier alpha value is -1.55. The Kier molecular flexibility index (Phi) is 3.48. The molecule has 1 aromatic carbocycles. The lowest BCUT2D eigenvalue weighted by atomic mass is 10.2. The average Bonchev–Trinajstić information content (AvgIpc) is 2.16. The molecule has 0 aliphatic carbocycles. The van der Waals surface area contributed by atoms with E-state index in [2.05, 4.69) is 0 Å². The summed E-state index contributed by atoms with van der Waals surface area (Å²) >= 11 is 0. The van der Waals surface area contributed by atoms with Crippen molar-refractivity contribution in [2.75, 3.05) is 7.11 Å². The average molecular weight is 195 g/mol. The summed E-state index contributed by atoms with van der Waals surface area (Å²) in [6, 6.07) is 5.24. The summed E-state index contributed by atoms with van der Waals surface area (Å²) in [5.41, 5.74) is 6.35. The highest BCUT2D eigenvalue weighted by Crippen LogP contribution is 2.27. The molecular weight excluding hydrogens is 182 g/mol. The molecule has 0 saturated carbocycles. The first-order chi connectivity index (χ1) is 6.67. The molecule has 4 heteroatoms. The molecule has 0 aromatic heterocycles. The van der Waals surface area contributed by atoms with Crippen LogP contribution in [0.25, 0.3) is 0 Å². The minimum absolute atomic E-state index is 0.377. The third-order valence-corrected chi connectivity index (χ3v) is 1.72. The highest BCUT2D eigenvalue weighted by atomic mass is 16.6. The van der Waals surface area contributed by atoms with Crippen LogP contribution in [-0.4, -0.2) is 13.1 Å². The van der Waals surface area contributed by atoms with E-state index in [4.69, 9.17) is 15.2 Å². The van der Waals surface area contributed by atoms with Crippen molar-refractivity contribution in [3.63, 3.8) is 0 Å². The third kappa shape index (κ3) is 2.47. The quantitative estimate of drug-likeness (QED) is 0.579. The lowest BCUT2D eigenvalue weighted by molar-refractivity contribution is -0.132. The number of rotatable bonds is 3. The number of carbonyl (C=O) groups is 1. The van der Waals surface area contributed by atoms with Gasteiger partial charge in [-0.1, -0.05) is 6.07 Å². The molecule has 4 nitrogen and oxygen atoms in total. The fourth-order valence-corrected chi connectivity index (χ4v) is 1.08. The zero-order valence-corrected chi connectivity index (χ0v) is 8.24. The van der Waals surface area contributed by atoms with Gasteiger partial charge >= 0.3 is 5.97 Å². The highest BCUT2D eigenvalue weighted by molar-refractivity contribution is 5.70. The highest BCUT2D eigenvalue weighted by Gasteiger charge is 2.07. The fourth-order valence-electron chi connectivity index (χ4n) is 1.08. The first-order valence-electron chi connectivity index (χ1n) is 4.22. The van der Waals surface area contributed by atoms with Crippen LogP contribution in [-0.2, 0) is 11.3 Å². The predicted octanol–water partition coefficient (Wildman–Crippen LogP) is 1.08. The molecule has 0 aliphatic rings. The van der Waals surface area contributed by atoms with Crippen molar-refractivity contribution in [3.05, 3.63) is 23.8 Å². The summed E-state index contributed by atoms with van der Waals surface area (Å²) in [7, 11) is 1.52. The number of esters is 1. The molecule has 1 aromatic rings. The van der Waals surface area contributed by atoms with Crippen LogP contribution >= 0.6 is 0 Å². The molecule has 0 bridgehead atoms. The summed E-state index contributed by atoms with van der Waals surface area (Å²) in [6.07, 6.45) is 0. The Morgan fingerprint density at radius 3 is 2.64 bits per heavy atom. The summed E-state index contributed by atoms with van der Waals surface area (Å²) in [4.78, 5) is 10.8. The van der Waals surface area contributed by atoms with Crippen LogP contribution < -0.4 is 15.2 Å². The molecular formula is C10H13NO3. The van der Waals surface area contributed by atoms with Crippen molar-refractivity contribution in [2.24, 2.45) is 5.73 Å². The summed E-state index contributed by atoms with van der Waals surface area (Å²) in [6.45, 7) is 1.74. The van der Waals surface area contributed by atoms with E-state index >= 15 is 0 Å². The molecule has 0 saturated heterocycles. The van der Waals surface area contributed by atoms with Gasteiger partial charge in [0, 0.05) is 13.5 Å². The first kappa shape index (κ1) is 10.5. The van der Waals surface area contributed by atoms with Gasteiger partial charge in [-0.2, -0.15) is 0 Å². The molecule has 0 amide bonds. The Balaban J connectivity index is 3.01. The van der Waals surface area contributed by atoms with Gasteiger partial charge in [-0.15, -0.1) is 0 Å². The number of methoxy groups -OCH3 is 1. The van der Waals surface area contributed by atoms with E-state index in [0.29, 0.717) is 18.0 Å². The Labute approximate surface area is 82.6 Å². The normalized spacial score (nSPS) is 9.64. The van der Waals surface area contributed by atoms with E-state index in [1.54, 1.807) is 12.1 Å². The van der Waals surface area contributed by atoms with Crippen molar-refractivity contribution >= 4 is 5.97 Å². The number of hydrogen-bond acceptors (Lipinski definition) is 4. The molecule has 0 radical (unpaired) electrons. The minimum atomic E-state index is -0.377. The molecule has 14 heavy (non-hydrogen) atoms. The van der Waals surface area contributed by atoms with Crippen molar-refractivity contribution in [2.45, 2.75) is 13.5 Å².